The molecule has 0 radical (unpaired) electrons. The maximum Gasteiger partial charge on any atom is 0.332 e. The molecule has 1 aromatic carbocycles. The smallest absolute Gasteiger partial charge is 0.332 e. The number of fused-ring (bicyclic) bond motifs is 1. The molecular formula is C22H31N3O4. The number of ether oxygens (including phenoxy) is 1. The molecule has 7 nitrogen and oxygen atoms in total. The molecular weight excluding hydrogens is 370 g/mol. The van der Waals surface area contributed by atoms with Gasteiger partial charge in [-0.15, -0.1) is 0 Å². The van der Waals surface area contributed by atoms with Gasteiger partial charge in [0.05, 0.1) is 24.1 Å². The fourth-order valence-electron chi connectivity index (χ4n) is 3.63. The molecule has 158 valence electrons. The Balaban J connectivity index is 2.25. The molecule has 1 aliphatic rings. The molecule has 0 amide bonds. The zero-order valence-electron chi connectivity index (χ0n) is 18.2. The van der Waals surface area contributed by atoms with E-state index >= 15 is 0 Å². The molecule has 4 atom stereocenters. The van der Waals surface area contributed by atoms with Gasteiger partial charge < -0.3 is 9.84 Å². The third-order valence-corrected chi connectivity index (χ3v) is 6.00. The largest absolute Gasteiger partial charge is 0.467 e. The van der Waals surface area contributed by atoms with Crippen LogP contribution in [0.3, 0.4) is 0 Å². The number of carbonyl (C=O) groups is 1. The molecule has 29 heavy (non-hydrogen) atoms. The fraction of sp³-hybridized carbons (Fsp3) is 0.591. The average Bonchev–Trinajstić information content (AvgIpc) is 3.40. The van der Waals surface area contributed by atoms with Gasteiger partial charge in [-0.05, 0) is 23.5 Å². The van der Waals surface area contributed by atoms with Crippen molar-refractivity contribution in [3.8, 4) is 0 Å². The van der Waals surface area contributed by atoms with Crippen LogP contribution in [0.25, 0.3) is 10.9 Å². The van der Waals surface area contributed by atoms with E-state index < -0.39 is 24.2 Å². The van der Waals surface area contributed by atoms with Crippen LogP contribution in [0.15, 0.2) is 29.1 Å². The minimum Gasteiger partial charge on any atom is -0.467 e. The molecule has 1 saturated heterocycles. The van der Waals surface area contributed by atoms with Crippen molar-refractivity contribution in [2.75, 3.05) is 12.1 Å². The second-order valence-electron chi connectivity index (χ2n) is 9.27. The van der Waals surface area contributed by atoms with Gasteiger partial charge in [0.2, 0.25) is 0 Å². The molecule has 1 fully saturated rings. The summed E-state index contributed by atoms with van der Waals surface area (Å²) in [4.78, 5) is 30.8. The molecule has 3 rings (SSSR count). The number of aromatic nitrogens is 2. The van der Waals surface area contributed by atoms with Crippen LogP contribution in [-0.2, 0) is 9.53 Å². The number of para-hydroxylation sites is 1. The SMILES string of the molecule is COC(=O)[C@H]1[C@H]([C@H](O)C(C)C)N1n1c(C(C)C(C)(C)C)nc2ccccc2c1=O. The van der Waals surface area contributed by atoms with Crippen molar-refractivity contribution >= 4 is 16.9 Å². The number of methoxy groups -OCH3 is 1. The maximum atomic E-state index is 13.5. The van der Waals surface area contributed by atoms with Gasteiger partial charge in [0.25, 0.3) is 5.56 Å². The Morgan fingerprint density at radius 3 is 2.38 bits per heavy atom. The van der Waals surface area contributed by atoms with E-state index in [-0.39, 0.29) is 22.8 Å². The summed E-state index contributed by atoms with van der Waals surface area (Å²) in [5, 5.41) is 12.8. The first-order valence-corrected chi connectivity index (χ1v) is 10.1. The standard InChI is InChI=1S/C22H31N3O4/c1-12(2)18(26)16-17(21(28)29-7)24(16)25-19(13(3)22(4,5)6)23-15-11-9-8-10-14(15)20(25)27/h8-13,16-18,26H,1-7H3/t13?,16-,17-,18-,24?/m1/s1. The van der Waals surface area contributed by atoms with Crippen molar-refractivity contribution in [2.24, 2.45) is 11.3 Å². The monoisotopic (exact) mass is 401 g/mol. The topological polar surface area (TPSA) is 84.4 Å². The summed E-state index contributed by atoms with van der Waals surface area (Å²) < 4.78 is 6.45. The first-order valence-electron chi connectivity index (χ1n) is 10.1. The number of aliphatic hydroxyl groups is 1. The van der Waals surface area contributed by atoms with Gasteiger partial charge >= 0.3 is 5.97 Å². The molecule has 0 bridgehead atoms. The van der Waals surface area contributed by atoms with Crippen LogP contribution >= 0.6 is 0 Å². The Morgan fingerprint density at radius 1 is 1.21 bits per heavy atom. The highest BCUT2D eigenvalue weighted by Gasteiger charge is 2.59. The molecule has 7 heteroatoms. The fourth-order valence-corrected chi connectivity index (χ4v) is 3.63. The molecule has 1 aromatic heterocycles. The Kier molecular flexibility index (Phi) is 5.47. The highest BCUT2D eigenvalue weighted by molar-refractivity contribution is 5.85. The van der Waals surface area contributed by atoms with Gasteiger partial charge in [-0.1, -0.05) is 53.7 Å². The van der Waals surface area contributed by atoms with E-state index in [0.29, 0.717) is 16.7 Å². The lowest BCUT2D eigenvalue weighted by molar-refractivity contribution is -0.140. The van der Waals surface area contributed by atoms with Crippen molar-refractivity contribution in [3.05, 3.63) is 40.4 Å². The van der Waals surface area contributed by atoms with Crippen molar-refractivity contribution in [1.29, 1.82) is 0 Å². The highest BCUT2D eigenvalue weighted by Crippen LogP contribution is 2.38. The lowest BCUT2D eigenvalue weighted by atomic mass is 9.81. The summed E-state index contributed by atoms with van der Waals surface area (Å²) in [6.07, 6.45) is -0.782. The number of benzene rings is 1. The second kappa shape index (κ2) is 7.44. The van der Waals surface area contributed by atoms with E-state index in [1.54, 1.807) is 17.1 Å². The van der Waals surface area contributed by atoms with Gasteiger partial charge in [-0.2, -0.15) is 0 Å². The van der Waals surface area contributed by atoms with Crippen LogP contribution in [0.1, 0.15) is 53.3 Å². The first-order chi connectivity index (χ1) is 13.5. The van der Waals surface area contributed by atoms with Crippen LogP contribution in [0.2, 0.25) is 0 Å². The van der Waals surface area contributed by atoms with Crippen LogP contribution in [0, 0.1) is 11.3 Å². The van der Waals surface area contributed by atoms with E-state index in [2.05, 4.69) is 20.8 Å². The molecule has 1 unspecified atom stereocenters. The van der Waals surface area contributed by atoms with Gasteiger partial charge in [0, 0.05) is 5.92 Å². The Labute approximate surface area is 171 Å². The number of hydrogen-bond donors (Lipinski definition) is 1. The van der Waals surface area contributed by atoms with Crippen molar-refractivity contribution in [1.82, 2.24) is 9.66 Å². The lowest BCUT2D eigenvalue weighted by Gasteiger charge is -2.29. The van der Waals surface area contributed by atoms with Gasteiger partial charge in [0.15, 0.2) is 6.04 Å². The lowest BCUT2D eigenvalue weighted by Crippen LogP contribution is -2.39. The molecule has 0 saturated carbocycles. The summed E-state index contributed by atoms with van der Waals surface area (Å²) >= 11 is 0. The highest BCUT2D eigenvalue weighted by atomic mass is 16.5. The van der Waals surface area contributed by atoms with Gasteiger partial charge in [0.1, 0.15) is 11.9 Å². The zero-order valence-corrected chi connectivity index (χ0v) is 18.2. The number of esters is 1. The minimum atomic E-state index is -0.782. The van der Waals surface area contributed by atoms with Crippen LogP contribution in [0.4, 0.5) is 0 Å². The molecule has 2 heterocycles. The van der Waals surface area contributed by atoms with Crippen molar-refractivity contribution in [3.63, 3.8) is 0 Å². The van der Waals surface area contributed by atoms with E-state index in [0.717, 1.165) is 0 Å². The predicted octanol–water partition coefficient (Wildman–Crippen LogP) is 2.42. The third-order valence-electron chi connectivity index (χ3n) is 6.00. The quantitative estimate of drug-likeness (QED) is 0.612. The van der Waals surface area contributed by atoms with E-state index in [9.17, 15) is 14.7 Å². The number of aliphatic hydroxyl groups excluding tert-OH is 1. The average molecular weight is 402 g/mol. The molecule has 1 aliphatic heterocycles. The number of hydrogen-bond acceptors (Lipinski definition) is 6. The van der Waals surface area contributed by atoms with E-state index in [4.69, 9.17) is 9.72 Å². The van der Waals surface area contributed by atoms with Gasteiger partial charge in [-0.3, -0.25) is 9.80 Å². The molecule has 0 spiro atoms. The van der Waals surface area contributed by atoms with E-state index in [1.807, 2.05) is 32.9 Å². The van der Waals surface area contributed by atoms with E-state index in [1.165, 1.54) is 11.8 Å². The number of rotatable bonds is 5. The normalized spacial score (nSPS) is 21.3. The minimum absolute atomic E-state index is 0.0736. The van der Waals surface area contributed by atoms with Crippen LogP contribution in [-0.4, -0.2) is 46.0 Å². The summed E-state index contributed by atoms with van der Waals surface area (Å²) in [5.74, 6) is -0.0435. The van der Waals surface area contributed by atoms with Crippen molar-refractivity contribution < 1.29 is 14.6 Å². The summed E-state index contributed by atoms with van der Waals surface area (Å²) in [5.41, 5.74) is 0.221. The van der Waals surface area contributed by atoms with Gasteiger partial charge in [-0.25, -0.2) is 14.5 Å². The molecule has 0 aliphatic carbocycles. The first kappa shape index (κ1) is 21.3. The Bertz CT molecular complexity index is 976. The van der Waals surface area contributed by atoms with Crippen molar-refractivity contribution in [2.45, 2.75) is 65.6 Å². The number of carbonyl (C=O) groups excluding carboxylic acids is 1. The Hall–Kier alpha value is -2.41. The zero-order chi connectivity index (χ0) is 21.7. The molecule has 2 aromatic rings. The summed E-state index contributed by atoms with van der Waals surface area (Å²) in [6.45, 7) is 12.1. The Morgan fingerprint density at radius 2 is 1.83 bits per heavy atom. The number of nitrogens with zero attached hydrogens (tertiary/aromatic N) is 3. The van der Waals surface area contributed by atoms with Crippen LogP contribution < -0.4 is 10.6 Å². The second-order valence-corrected chi connectivity index (χ2v) is 9.27. The molecule has 1 N–H and O–H groups in total. The summed E-state index contributed by atoms with van der Waals surface area (Å²) in [6, 6.07) is 5.95. The third kappa shape index (κ3) is 3.64. The van der Waals surface area contributed by atoms with Crippen LogP contribution in [0.5, 0.6) is 0 Å². The maximum absolute atomic E-state index is 13.5. The predicted molar refractivity (Wildman–Crippen MR) is 113 cm³/mol. The summed E-state index contributed by atoms with van der Waals surface area (Å²) in [7, 11) is 1.32.